The third kappa shape index (κ3) is 2.94. The van der Waals surface area contributed by atoms with Crippen molar-refractivity contribution in [3.63, 3.8) is 0 Å². The van der Waals surface area contributed by atoms with Gasteiger partial charge in [-0.05, 0) is 32.4 Å². The maximum Gasteiger partial charge on any atom is 0.262 e. The second-order valence-electron chi connectivity index (χ2n) is 5.65. The third-order valence-electron chi connectivity index (χ3n) is 3.66. The summed E-state index contributed by atoms with van der Waals surface area (Å²) in [5, 5.41) is 1.40. The van der Waals surface area contributed by atoms with Gasteiger partial charge in [0.15, 0.2) is 5.16 Å². The lowest BCUT2D eigenvalue weighted by atomic mass is 10.2. The van der Waals surface area contributed by atoms with Crippen LogP contribution in [0, 0.1) is 5.92 Å². The van der Waals surface area contributed by atoms with Crippen molar-refractivity contribution in [2.45, 2.75) is 35.8 Å². The van der Waals surface area contributed by atoms with Crippen LogP contribution >= 0.6 is 35.0 Å². The number of hydrogen-bond donors (Lipinski definition) is 0. The summed E-state index contributed by atoms with van der Waals surface area (Å²) in [7, 11) is 0. The molecule has 0 radical (unpaired) electrons. The molecule has 0 unspecified atom stereocenters. The molecule has 1 fully saturated rings. The SMILES string of the molecule is CC(C)n1c(SC[C@H]2CC2(Cl)Cl)nc2ccccc2c1=O. The third-order valence-corrected chi connectivity index (χ3v) is 5.70. The molecule has 112 valence electrons. The maximum atomic E-state index is 12.6. The Bertz CT molecular complexity index is 742. The topological polar surface area (TPSA) is 34.9 Å². The average molecular weight is 343 g/mol. The first-order valence-corrected chi connectivity index (χ1v) is 8.66. The van der Waals surface area contributed by atoms with E-state index in [-0.39, 0.29) is 17.5 Å². The molecule has 2 aromatic rings. The van der Waals surface area contributed by atoms with E-state index in [4.69, 9.17) is 23.2 Å². The second-order valence-corrected chi connectivity index (χ2v) is 8.18. The van der Waals surface area contributed by atoms with Crippen LogP contribution in [0.25, 0.3) is 10.9 Å². The number of para-hydroxylation sites is 1. The van der Waals surface area contributed by atoms with Gasteiger partial charge in [0.25, 0.3) is 5.56 Å². The van der Waals surface area contributed by atoms with Gasteiger partial charge < -0.3 is 0 Å². The summed E-state index contributed by atoms with van der Waals surface area (Å²) >= 11 is 13.7. The summed E-state index contributed by atoms with van der Waals surface area (Å²) < 4.78 is 1.16. The van der Waals surface area contributed by atoms with Crippen LogP contribution in [0.3, 0.4) is 0 Å². The highest BCUT2D eigenvalue weighted by atomic mass is 35.5. The summed E-state index contributed by atoms with van der Waals surface area (Å²) in [5.41, 5.74) is 0.748. The minimum absolute atomic E-state index is 0.0110. The van der Waals surface area contributed by atoms with Gasteiger partial charge in [-0.2, -0.15) is 0 Å². The molecule has 0 bridgehead atoms. The Labute approximate surface area is 137 Å². The van der Waals surface area contributed by atoms with Gasteiger partial charge in [-0.25, -0.2) is 4.98 Å². The molecule has 1 aromatic carbocycles. The zero-order chi connectivity index (χ0) is 15.2. The monoisotopic (exact) mass is 342 g/mol. The number of rotatable bonds is 4. The van der Waals surface area contributed by atoms with Crippen molar-refractivity contribution in [3.8, 4) is 0 Å². The number of alkyl halides is 2. The van der Waals surface area contributed by atoms with Crippen molar-refractivity contribution < 1.29 is 0 Å². The second kappa shape index (κ2) is 5.49. The summed E-state index contributed by atoms with van der Waals surface area (Å²) in [5.74, 6) is 1.06. The fraction of sp³-hybridized carbons (Fsp3) is 0.467. The van der Waals surface area contributed by atoms with E-state index >= 15 is 0 Å². The Morgan fingerprint density at radius 2 is 2.10 bits per heavy atom. The first-order chi connectivity index (χ1) is 9.90. The molecule has 1 aliphatic rings. The number of benzene rings is 1. The van der Waals surface area contributed by atoms with E-state index in [9.17, 15) is 4.79 Å². The van der Waals surface area contributed by atoms with Crippen LogP contribution in [-0.2, 0) is 0 Å². The minimum Gasteiger partial charge on any atom is -0.285 e. The lowest BCUT2D eigenvalue weighted by Crippen LogP contribution is -2.25. The van der Waals surface area contributed by atoms with Gasteiger partial charge in [0, 0.05) is 17.7 Å². The summed E-state index contributed by atoms with van der Waals surface area (Å²) in [4.78, 5) is 17.3. The molecule has 1 aliphatic carbocycles. The molecular formula is C15H16Cl2N2OS. The first-order valence-electron chi connectivity index (χ1n) is 6.92. The predicted molar refractivity (Wildman–Crippen MR) is 89.7 cm³/mol. The number of thioether (sulfide) groups is 1. The Morgan fingerprint density at radius 3 is 2.71 bits per heavy atom. The molecule has 3 rings (SSSR count). The largest absolute Gasteiger partial charge is 0.285 e. The molecule has 1 heterocycles. The van der Waals surface area contributed by atoms with Crippen molar-refractivity contribution >= 4 is 45.9 Å². The van der Waals surface area contributed by atoms with Crippen molar-refractivity contribution in [3.05, 3.63) is 34.6 Å². The van der Waals surface area contributed by atoms with Crippen molar-refractivity contribution in [2.75, 3.05) is 5.75 Å². The smallest absolute Gasteiger partial charge is 0.262 e. The van der Waals surface area contributed by atoms with Gasteiger partial charge in [-0.3, -0.25) is 9.36 Å². The average Bonchev–Trinajstić information content (AvgIpc) is 3.03. The van der Waals surface area contributed by atoms with Gasteiger partial charge in [0.05, 0.1) is 10.9 Å². The molecule has 6 heteroatoms. The fourth-order valence-electron chi connectivity index (χ4n) is 2.31. The quantitative estimate of drug-likeness (QED) is 0.473. The molecule has 21 heavy (non-hydrogen) atoms. The standard InChI is InChI=1S/C15H16Cl2N2OS/c1-9(2)19-13(20)11-5-3-4-6-12(11)18-14(19)21-8-10-7-15(10,16)17/h3-6,9-10H,7-8H2,1-2H3/t10-/m1/s1. The van der Waals surface area contributed by atoms with Crippen LogP contribution in [-0.4, -0.2) is 19.6 Å². The zero-order valence-corrected chi connectivity index (χ0v) is 14.2. The van der Waals surface area contributed by atoms with Gasteiger partial charge >= 0.3 is 0 Å². The highest BCUT2D eigenvalue weighted by Gasteiger charge is 2.51. The zero-order valence-electron chi connectivity index (χ0n) is 11.8. The molecule has 0 N–H and O–H groups in total. The summed E-state index contributed by atoms with van der Waals surface area (Å²) in [6, 6.07) is 7.51. The Kier molecular flexibility index (Phi) is 3.97. The molecule has 0 aliphatic heterocycles. The Hall–Kier alpha value is -0.710. The van der Waals surface area contributed by atoms with Gasteiger partial charge in [0.2, 0.25) is 0 Å². The fourth-order valence-corrected chi connectivity index (χ4v) is 4.37. The lowest BCUT2D eigenvalue weighted by molar-refractivity contribution is 0.519. The van der Waals surface area contributed by atoms with E-state index in [1.807, 2.05) is 38.1 Å². The highest BCUT2D eigenvalue weighted by molar-refractivity contribution is 7.99. The van der Waals surface area contributed by atoms with Crippen LogP contribution in [0.1, 0.15) is 26.3 Å². The van der Waals surface area contributed by atoms with Crippen LogP contribution < -0.4 is 5.56 Å². The molecule has 1 saturated carbocycles. The number of fused-ring (bicyclic) bond motifs is 1. The summed E-state index contributed by atoms with van der Waals surface area (Å²) in [6.07, 6.45) is 0.808. The van der Waals surface area contributed by atoms with Crippen molar-refractivity contribution in [2.24, 2.45) is 5.92 Å². The van der Waals surface area contributed by atoms with Crippen LogP contribution in [0.5, 0.6) is 0 Å². The molecule has 3 nitrogen and oxygen atoms in total. The molecule has 0 spiro atoms. The molecule has 1 atom stereocenters. The number of nitrogens with zero attached hydrogens (tertiary/aromatic N) is 2. The first kappa shape index (κ1) is 15.2. The molecule has 0 saturated heterocycles. The van der Waals surface area contributed by atoms with Crippen LogP contribution in [0.2, 0.25) is 0 Å². The molecule has 0 amide bonds. The highest BCUT2D eigenvalue weighted by Crippen LogP contribution is 2.54. The normalized spacial score (nSPS) is 20.1. The van der Waals surface area contributed by atoms with E-state index in [1.165, 1.54) is 0 Å². The van der Waals surface area contributed by atoms with Crippen LogP contribution in [0.4, 0.5) is 0 Å². The number of aromatic nitrogens is 2. The van der Waals surface area contributed by atoms with Crippen molar-refractivity contribution in [1.82, 2.24) is 9.55 Å². The number of halogens is 2. The Morgan fingerprint density at radius 1 is 1.43 bits per heavy atom. The van der Waals surface area contributed by atoms with E-state index in [0.717, 1.165) is 22.8 Å². The minimum atomic E-state index is -0.590. The van der Waals surface area contributed by atoms with Gasteiger partial charge in [0.1, 0.15) is 4.33 Å². The van der Waals surface area contributed by atoms with E-state index in [0.29, 0.717) is 5.39 Å². The van der Waals surface area contributed by atoms with E-state index in [1.54, 1.807) is 16.3 Å². The summed E-state index contributed by atoms with van der Waals surface area (Å²) in [6.45, 7) is 3.98. The lowest BCUT2D eigenvalue weighted by Gasteiger charge is -2.16. The molecular weight excluding hydrogens is 327 g/mol. The van der Waals surface area contributed by atoms with Crippen molar-refractivity contribution in [1.29, 1.82) is 0 Å². The van der Waals surface area contributed by atoms with E-state index < -0.39 is 4.33 Å². The number of hydrogen-bond acceptors (Lipinski definition) is 3. The van der Waals surface area contributed by atoms with Gasteiger partial charge in [-0.1, -0.05) is 23.9 Å². The van der Waals surface area contributed by atoms with Gasteiger partial charge in [-0.15, -0.1) is 23.2 Å². The Balaban J connectivity index is 1.99. The predicted octanol–water partition coefficient (Wildman–Crippen LogP) is 4.26. The maximum absolute atomic E-state index is 12.6. The molecule has 1 aromatic heterocycles. The van der Waals surface area contributed by atoms with E-state index in [2.05, 4.69) is 4.98 Å². The van der Waals surface area contributed by atoms with Crippen LogP contribution in [0.15, 0.2) is 34.2 Å².